The molecule has 1 aliphatic heterocycles. The van der Waals surface area contributed by atoms with E-state index in [0.717, 1.165) is 12.8 Å². The molecule has 0 aromatic heterocycles. The van der Waals surface area contributed by atoms with Crippen LogP contribution in [-0.2, 0) is 10.0 Å². The van der Waals surface area contributed by atoms with Crippen molar-refractivity contribution in [1.82, 2.24) is 14.9 Å². The van der Waals surface area contributed by atoms with Crippen LogP contribution >= 0.6 is 35.7 Å². The number of hydrogen-bond donors (Lipinski definition) is 2. The van der Waals surface area contributed by atoms with Crippen LogP contribution in [0.4, 0.5) is 13.2 Å². The minimum absolute atomic E-state index is 0. The Hall–Kier alpha value is 0.0500. The fourth-order valence-electron chi connectivity index (χ4n) is 3.62. The predicted molar refractivity (Wildman–Crippen MR) is 119 cm³/mol. The van der Waals surface area contributed by atoms with Crippen LogP contribution in [0.25, 0.3) is 0 Å². The Kier molecular flexibility index (Phi) is 10.7. The Morgan fingerprint density at radius 1 is 1.21 bits per heavy atom. The number of halogens is 4. The second-order valence-electron chi connectivity index (χ2n) is 7.11. The molecule has 6 nitrogen and oxygen atoms in total. The van der Waals surface area contributed by atoms with Crippen molar-refractivity contribution in [2.75, 3.05) is 32.9 Å². The second kappa shape index (κ2) is 11.4. The van der Waals surface area contributed by atoms with Gasteiger partial charge in [0.15, 0.2) is 5.96 Å². The van der Waals surface area contributed by atoms with Crippen LogP contribution in [0.15, 0.2) is 4.99 Å². The van der Waals surface area contributed by atoms with Crippen molar-refractivity contribution < 1.29 is 21.6 Å². The third-order valence-electron chi connectivity index (χ3n) is 5.29. The van der Waals surface area contributed by atoms with Gasteiger partial charge in [0.05, 0.1) is 0 Å². The molecule has 0 aromatic carbocycles. The molecule has 1 aliphatic carbocycles. The van der Waals surface area contributed by atoms with Gasteiger partial charge in [0, 0.05) is 38.0 Å². The summed E-state index contributed by atoms with van der Waals surface area (Å²) in [6, 6.07) is 0.376. The molecule has 0 spiro atoms. The lowest BCUT2D eigenvalue weighted by Gasteiger charge is -2.33. The summed E-state index contributed by atoms with van der Waals surface area (Å²) in [6.45, 7) is 0.370. The van der Waals surface area contributed by atoms with Gasteiger partial charge in [-0.25, -0.2) is 8.42 Å². The maximum Gasteiger partial charge on any atom is 0.511 e. The fourth-order valence-corrected chi connectivity index (χ4v) is 5.43. The minimum Gasteiger partial charge on any atom is -0.356 e. The lowest BCUT2D eigenvalue weighted by molar-refractivity contribution is -0.0496. The van der Waals surface area contributed by atoms with E-state index in [1.807, 2.05) is 11.8 Å². The topological polar surface area (TPSA) is 73.8 Å². The van der Waals surface area contributed by atoms with E-state index in [4.69, 9.17) is 0 Å². The Morgan fingerprint density at radius 3 is 2.39 bits per heavy atom. The van der Waals surface area contributed by atoms with Crippen LogP contribution in [-0.4, -0.2) is 68.4 Å². The summed E-state index contributed by atoms with van der Waals surface area (Å²) >= 11 is 1.89. The van der Waals surface area contributed by atoms with E-state index in [9.17, 15) is 21.6 Å². The highest BCUT2D eigenvalue weighted by molar-refractivity contribution is 14.0. The summed E-state index contributed by atoms with van der Waals surface area (Å²) in [7, 11) is -3.51. The van der Waals surface area contributed by atoms with Gasteiger partial charge in [0.25, 0.3) is 0 Å². The molecule has 2 atom stereocenters. The van der Waals surface area contributed by atoms with E-state index < -0.39 is 15.5 Å². The smallest absolute Gasteiger partial charge is 0.356 e. The first-order valence-electron chi connectivity index (χ1n) is 9.23. The summed E-state index contributed by atoms with van der Waals surface area (Å²) in [6.07, 6.45) is 7.55. The molecular formula is C16H30F3IN4O2S2. The standard InChI is InChI=1S/C16H29F3N4O2S2.HI/c1-20-15(22-13-4-3-5-14(10-13)26-2)21-11-12-6-8-23(9-7-12)27(24,25)16(17,18)19;/h12-14H,3-11H2,1-2H3,(H2,20,21,22);1H. The van der Waals surface area contributed by atoms with Crippen molar-refractivity contribution in [2.24, 2.45) is 10.9 Å². The molecule has 0 aromatic rings. The molecule has 28 heavy (non-hydrogen) atoms. The third kappa shape index (κ3) is 7.08. The molecule has 1 saturated carbocycles. The normalized spacial score (nSPS) is 25.8. The van der Waals surface area contributed by atoms with Crippen LogP contribution in [0, 0.1) is 5.92 Å². The average molecular weight is 558 g/mol. The van der Waals surface area contributed by atoms with E-state index in [0.29, 0.717) is 40.9 Å². The number of nitrogens with zero attached hydrogens (tertiary/aromatic N) is 2. The molecule has 0 bridgehead atoms. The lowest BCUT2D eigenvalue weighted by atomic mass is 9.95. The molecule has 2 unspecified atom stereocenters. The molecule has 0 radical (unpaired) electrons. The molecule has 1 heterocycles. The first-order valence-corrected chi connectivity index (χ1v) is 12.0. The molecule has 2 aliphatic rings. The van der Waals surface area contributed by atoms with Gasteiger partial charge in [0.1, 0.15) is 0 Å². The first kappa shape index (κ1) is 26.1. The quantitative estimate of drug-likeness (QED) is 0.309. The predicted octanol–water partition coefficient (Wildman–Crippen LogP) is 3.01. The van der Waals surface area contributed by atoms with Crippen molar-refractivity contribution in [3.63, 3.8) is 0 Å². The van der Waals surface area contributed by atoms with Crippen molar-refractivity contribution in [2.45, 2.75) is 55.3 Å². The molecule has 2 N–H and O–H groups in total. The Labute approximate surface area is 186 Å². The van der Waals surface area contributed by atoms with Gasteiger partial charge in [-0.2, -0.15) is 29.2 Å². The minimum atomic E-state index is -5.22. The number of guanidine groups is 1. The van der Waals surface area contributed by atoms with Crippen LogP contribution in [0.1, 0.15) is 38.5 Å². The zero-order valence-electron chi connectivity index (χ0n) is 16.2. The van der Waals surface area contributed by atoms with E-state index in [1.165, 1.54) is 12.8 Å². The fraction of sp³-hybridized carbons (Fsp3) is 0.938. The molecule has 166 valence electrons. The van der Waals surface area contributed by atoms with Crippen LogP contribution in [0.2, 0.25) is 0 Å². The number of piperidine rings is 1. The Morgan fingerprint density at radius 2 is 1.86 bits per heavy atom. The number of rotatable bonds is 5. The summed E-state index contributed by atoms with van der Waals surface area (Å²) in [5.41, 5.74) is -5.22. The van der Waals surface area contributed by atoms with Crippen molar-refractivity contribution >= 4 is 51.7 Å². The molecule has 1 saturated heterocycles. The monoisotopic (exact) mass is 558 g/mol. The molecular weight excluding hydrogens is 528 g/mol. The molecule has 12 heteroatoms. The van der Waals surface area contributed by atoms with Gasteiger partial charge in [-0.1, -0.05) is 6.42 Å². The zero-order valence-corrected chi connectivity index (χ0v) is 20.1. The number of thioether (sulfide) groups is 1. The highest BCUT2D eigenvalue weighted by Crippen LogP contribution is 2.30. The van der Waals surface area contributed by atoms with E-state index in [2.05, 4.69) is 21.9 Å². The average Bonchev–Trinajstić information content (AvgIpc) is 2.64. The Bertz CT molecular complexity index is 612. The molecule has 0 amide bonds. The van der Waals surface area contributed by atoms with E-state index >= 15 is 0 Å². The lowest BCUT2D eigenvalue weighted by Crippen LogP contribution is -2.49. The summed E-state index contributed by atoms with van der Waals surface area (Å²) < 4.78 is 61.3. The highest BCUT2D eigenvalue weighted by atomic mass is 127. The SMILES string of the molecule is CN=C(NCC1CCN(S(=O)(=O)C(F)(F)F)CC1)NC1CCCC(SC)C1.I. The van der Waals surface area contributed by atoms with Crippen LogP contribution in [0.5, 0.6) is 0 Å². The maximum atomic E-state index is 12.6. The van der Waals surface area contributed by atoms with E-state index in [-0.39, 0.29) is 43.0 Å². The Balaban J connectivity index is 0.00000392. The van der Waals surface area contributed by atoms with Gasteiger partial charge in [-0.15, -0.1) is 24.0 Å². The zero-order chi connectivity index (χ0) is 20.1. The van der Waals surface area contributed by atoms with Gasteiger partial charge < -0.3 is 10.6 Å². The van der Waals surface area contributed by atoms with Crippen molar-refractivity contribution in [1.29, 1.82) is 0 Å². The summed E-state index contributed by atoms with van der Waals surface area (Å²) in [5.74, 6) is 0.820. The van der Waals surface area contributed by atoms with Gasteiger partial charge in [-0.3, -0.25) is 4.99 Å². The van der Waals surface area contributed by atoms with E-state index in [1.54, 1.807) is 7.05 Å². The number of aliphatic imine (C=N–C) groups is 1. The largest absolute Gasteiger partial charge is 0.511 e. The summed E-state index contributed by atoms with van der Waals surface area (Å²) in [4.78, 5) is 4.24. The summed E-state index contributed by atoms with van der Waals surface area (Å²) in [5, 5.41) is 7.34. The number of alkyl halides is 3. The van der Waals surface area contributed by atoms with Crippen molar-refractivity contribution in [3.8, 4) is 0 Å². The second-order valence-corrected chi connectivity index (χ2v) is 10.2. The number of sulfonamides is 1. The van der Waals surface area contributed by atoms with Gasteiger partial charge >= 0.3 is 15.5 Å². The molecule has 2 rings (SSSR count). The molecule has 2 fully saturated rings. The van der Waals surface area contributed by atoms with Gasteiger partial charge in [-0.05, 0) is 44.3 Å². The van der Waals surface area contributed by atoms with Gasteiger partial charge in [0.2, 0.25) is 0 Å². The first-order chi connectivity index (χ1) is 12.7. The van der Waals surface area contributed by atoms with Crippen molar-refractivity contribution in [3.05, 3.63) is 0 Å². The van der Waals surface area contributed by atoms with Crippen LogP contribution < -0.4 is 10.6 Å². The van der Waals surface area contributed by atoms with Crippen LogP contribution in [0.3, 0.4) is 0 Å². The number of hydrogen-bond acceptors (Lipinski definition) is 4. The third-order valence-corrected chi connectivity index (χ3v) is 8.01. The number of nitrogens with one attached hydrogen (secondary N) is 2. The maximum absolute atomic E-state index is 12.6. The highest BCUT2D eigenvalue weighted by Gasteiger charge is 2.50.